The summed E-state index contributed by atoms with van der Waals surface area (Å²) in [5.41, 5.74) is 0. The lowest BCUT2D eigenvalue weighted by Gasteiger charge is -2.62. The van der Waals surface area contributed by atoms with Crippen molar-refractivity contribution in [1.82, 2.24) is 0 Å². The van der Waals surface area contributed by atoms with Crippen LogP contribution in [0.15, 0.2) is 0 Å². The molecule has 4 rings (SSSR count). The molecular weight excluding hydrogens is 187 g/mol. The Morgan fingerprint density at radius 2 is 1.62 bits per heavy atom. The first kappa shape index (κ1) is 8.60. The molecule has 2 atom stereocenters. The minimum absolute atomic E-state index is 0.00289. The van der Waals surface area contributed by atoms with Crippen molar-refractivity contribution in [2.75, 3.05) is 0 Å². The zero-order valence-electron chi connectivity index (χ0n) is 8.22. The molecule has 4 aliphatic rings. The molecule has 4 heteroatoms. The average molecular weight is 202 g/mol. The predicted molar refractivity (Wildman–Crippen MR) is 49.8 cm³/mol. The van der Waals surface area contributed by atoms with Crippen molar-refractivity contribution in [3.8, 4) is 0 Å². The average Bonchev–Trinajstić information content (AvgIpc) is 1.71. The molecule has 0 saturated carbocycles. The summed E-state index contributed by atoms with van der Waals surface area (Å²) in [6.07, 6.45) is 2.39. The van der Waals surface area contributed by atoms with Crippen LogP contribution in [0.5, 0.6) is 0 Å². The summed E-state index contributed by atoms with van der Waals surface area (Å²) in [7, 11) is 0.732. The molecule has 2 unspecified atom stereocenters. The van der Waals surface area contributed by atoms with E-state index in [9.17, 15) is 0 Å². The van der Waals surface area contributed by atoms with E-state index in [1.807, 2.05) is 6.92 Å². The lowest BCUT2D eigenvalue weighted by molar-refractivity contribution is -0.479. The quantitative estimate of drug-likeness (QED) is 0.562. The summed E-state index contributed by atoms with van der Waals surface area (Å²) in [6, 6.07) is 0. The second-order valence-electron chi connectivity index (χ2n) is 4.80. The van der Waals surface area contributed by atoms with Gasteiger partial charge in [-0.3, -0.25) is 0 Å². The molecule has 0 aromatic rings. The Labute approximate surface area is 79.9 Å². The molecular formula is C9H15O3P. The molecule has 0 aliphatic carbocycles. The fourth-order valence-electron chi connectivity index (χ4n) is 3.01. The van der Waals surface area contributed by atoms with E-state index in [0.717, 1.165) is 21.4 Å². The van der Waals surface area contributed by atoms with E-state index in [4.69, 9.17) is 14.2 Å². The molecule has 4 bridgehead atoms. The van der Waals surface area contributed by atoms with E-state index in [1.165, 1.54) is 0 Å². The van der Waals surface area contributed by atoms with Gasteiger partial charge >= 0.3 is 0 Å². The van der Waals surface area contributed by atoms with Crippen LogP contribution in [-0.4, -0.2) is 22.8 Å². The van der Waals surface area contributed by atoms with Gasteiger partial charge in [-0.2, -0.15) is 0 Å². The van der Waals surface area contributed by atoms with Crippen molar-refractivity contribution in [1.29, 1.82) is 0 Å². The maximum atomic E-state index is 5.83. The molecule has 0 spiro atoms. The lowest BCUT2D eigenvalue weighted by Crippen LogP contribution is -2.65. The van der Waals surface area contributed by atoms with E-state index in [0.29, 0.717) is 6.10 Å². The summed E-state index contributed by atoms with van der Waals surface area (Å²) in [5, 5.41) is 0.00579. The summed E-state index contributed by atoms with van der Waals surface area (Å²) >= 11 is 0. The first-order valence-corrected chi connectivity index (χ1v) is 5.78. The van der Waals surface area contributed by atoms with Gasteiger partial charge in [-0.25, -0.2) is 0 Å². The second-order valence-corrected chi connectivity index (χ2v) is 7.17. The van der Waals surface area contributed by atoms with Gasteiger partial charge in [0.05, 0.1) is 16.8 Å². The van der Waals surface area contributed by atoms with Crippen molar-refractivity contribution in [3.63, 3.8) is 0 Å². The zero-order chi connectivity index (χ0) is 9.32. The van der Waals surface area contributed by atoms with Gasteiger partial charge < -0.3 is 14.2 Å². The maximum Gasteiger partial charge on any atom is 0.281 e. The molecule has 0 aromatic heterocycles. The van der Waals surface area contributed by atoms with Gasteiger partial charge in [0, 0.05) is 19.8 Å². The number of hydrogen-bond acceptors (Lipinski definition) is 3. The van der Waals surface area contributed by atoms with Gasteiger partial charge in [0.25, 0.3) is 5.97 Å². The first-order valence-electron chi connectivity index (χ1n) is 4.78. The summed E-state index contributed by atoms with van der Waals surface area (Å²) in [6.45, 7) is 6.25. The Morgan fingerprint density at radius 1 is 1.08 bits per heavy atom. The molecule has 4 saturated heterocycles. The van der Waals surface area contributed by atoms with Gasteiger partial charge in [-0.05, 0) is 13.8 Å². The maximum absolute atomic E-state index is 5.83. The smallest absolute Gasteiger partial charge is 0.281 e. The van der Waals surface area contributed by atoms with Crippen molar-refractivity contribution >= 4 is 8.58 Å². The third kappa shape index (κ3) is 1.18. The van der Waals surface area contributed by atoms with Gasteiger partial charge in [0.15, 0.2) is 0 Å². The van der Waals surface area contributed by atoms with Crippen LogP contribution in [0, 0.1) is 0 Å². The highest BCUT2D eigenvalue weighted by Gasteiger charge is 2.62. The van der Waals surface area contributed by atoms with Crippen LogP contribution >= 0.6 is 8.58 Å². The minimum atomic E-state index is -0.768. The Hall–Kier alpha value is 0.310. The van der Waals surface area contributed by atoms with E-state index < -0.39 is 5.97 Å². The molecule has 4 heterocycles. The van der Waals surface area contributed by atoms with E-state index in [1.54, 1.807) is 0 Å². The summed E-state index contributed by atoms with van der Waals surface area (Å²) in [4.78, 5) is 0. The Balaban J connectivity index is 2.03. The van der Waals surface area contributed by atoms with E-state index in [2.05, 4.69) is 13.8 Å². The fourth-order valence-corrected chi connectivity index (χ4v) is 5.26. The molecule has 13 heavy (non-hydrogen) atoms. The van der Waals surface area contributed by atoms with Crippen molar-refractivity contribution in [2.45, 2.75) is 56.4 Å². The number of rotatable bonds is 0. The molecule has 4 aliphatic heterocycles. The molecule has 74 valence electrons. The highest BCUT2D eigenvalue weighted by Crippen LogP contribution is 2.64. The molecule has 0 N–H and O–H groups in total. The van der Waals surface area contributed by atoms with Gasteiger partial charge in [-0.1, -0.05) is 8.58 Å². The third-order valence-corrected chi connectivity index (χ3v) is 4.64. The van der Waals surface area contributed by atoms with Crippen LogP contribution in [-0.2, 0) is 14.2 Å². The summed E-state index contributed by atoms with van der Waals surface area (Å²) < 4.78 is 17.4. The highest BCUT2D eigenvalue weighted by atomic mass is 31.1. The van der Waals surface area contributed by atoms with Crippen molar-refractivity contribution in [3.05, 3.63) is 0 Å². The molecule has 3 nitrogen and oxygen atoms in total. The Kier molecular flexibility index (Phi) is 1.40. The van der Waals surface area contributed by atoms with Crippen molar-refractivity contribution in [2.24, 2.45) is 0 Å². The van der Waals surface area contributed by atoms with E-state index >= 15 is 0 Å². The largest absolute Gasteiger partial charge is 0.324 e. The van der Waals surface area contributed by atoms with Gasteiger partial charge in [0.1, 0.15) is 0 Å². The van der Waals surface area contributed by atoms with Crippen molar-refractivity contribution < 1.29 is 14.2 Å². The van der Waals surface area contributed by atoms with Crippen LogP contribution < -0.4 is 0 Å². The van der Waals surface area contributed by atoms with Crippen LogP contribution in [0.2, 0.25) is 0 Å². The number of ether oxygens (including phenoxy) is 3. The molecule has 0 aromatic carbocycles. The standard InChI is InChI=1S/C9H15O3P/c1-7-4-6-5-8(2,13-7)12-9(3,10-6)11-7/h6,13H,4-5H2,1-3H3. The highest BCUT2D eigenvalue weighted by molar-refractivity contribution is 7.41. The minimum Gasteiger partial charge on any atom is -0.324 e. The lowest BCUT2D eigenvalue weighted by atomic mass is 10.0. The summed E-state index contributed by atoms with van der Waals surface area (Å²) in [5.74, 6) is -0.768. The van der Waals surface area contributed by atoms with Gasteiger partial charge in [-0.15, -0.1) is 0 Å². The normalized spacial score (nSPS) is 66.2. The first-order chi connectivity index (χ1) is 5.91. The molecule has 0 amide bonds. The van der Waals surface area contributed by atoms with Crippen LogP contribution in [0.4, 0.5) is 0 Å². The Bertz CT molecular complexity index is 217. The Morgan fingerprint density at radius 3 is 2.00 bits per heavy atom. The van der Waals surface area contributed by atoms with E-state index in [-0.39, 0.29) is 10.7 Å². The van der Waals surface area contributed by atoms with Crippen LogP contribution in [0.25, 0.3) is 0 Å². The molecule has 4 fully saturated rings. The zero-order valence-corrected chi connectivity index (χ0v) is 9.22. The van der Waals surface area contributed by atoms with Gasteiger partial charge in [0.2, 0.25) is 0 Å². The second kappa shape index (κ2) is 2.11. The van der Waals surface area contributed by atoms with Crippen LogP contribution in [0.1, 0.15) is 33.6 Å². The predicted octanol–water partition coefficient (Wildman–Crippen LogP) is 2.01. The fraction of sp³-hybridized carbons (Fsp3) is 1.00. The monoisotopic (exact) mass is 202 g/mol. The van der Waals surface area contributed by atoms with Crippen LogP contribution in [0.3, 0.4) is 0 Å². The third-order valence-electron chi connectivity index (χ3n) is 2.97. The SMILES string of the molecule is CC12OC3CC(C)(O1)PC(C)(C3)O2. The topological polar surface area (TPSA) is 27.7 Å². The number of hydrogen-bond donors (Lipinski definition) is 0. The molecule has 0 radical (unpaired) electrons.